The van der Waals surface area contributed by atoms with E-state index in [1.54, 1.807) is 13.2 Å². The van der Waals surface area contributed by atoms with Gasteiger partial charge in [-0.05, 0) is 86.2 Å². The zero-order valence-corrected chi connectivity index (χ0v) is 22.9. The maximum absolute atomic E-state index is 13.4. The number of ether oxygens (including phenoxy) is 1. The molecule has 1 aliphatic heterocycles. The van der Waals surface area contributed by atoms with Gasteiger partial charge < -0.3 is 14.8 Å². The maximum atomic E-state index is 13.4. The van der Waals surface area contributed by atoms with Crippen LogP contribution in [0.3, 0.4) is 0 Å². The molecule has 2 heterocycles. The Balaban J connectivity index is 0.00000274. The van der Waals surface area contributed by atoms with Gasteiger partial charge in [-0.3, -0.25) is 13.8 Å². The van der Waals surface area contributed by atoms with Gasteiger partial charge in [-0.25, -0.2) is 8.42 Å². The van der Waals surface area contributed by atoms with Crippen LogP contribution in [0.4, 0.5) is 16.2 Å². The third kappa shape index (κ3) is 5.02. The third-order valence-electron chi connectivity index (χ3n) is 6.89. The van der Waals surface area contributed by atoms with Crippen LogP contribution in [0.2, 0.25) is 0 Å². The first-order valence-corrected chi connectivity index (χ1v) is 13.1. The number of anilines is 2. The normalized spacial score (nSPS) is 21.4. The van der Waals surface area contributed by atoms with E-state index in [9.17, 15) is 13.2 Å². The number of nitrogens with one attached hydrogen (secondary N) is 1. The zero-order valence-electron chi connectivity index (χ0n) is 20.1. The van der Waals surface area contributed by atoms with Gasteiger partial charge in [-0.2, -0.15) is 5.10 Å². The van der Waals surface area contributed by atoms with E-state index < -0.39 is 16.2 Å². The minimum atomic E-state index is -4.30. The van der Waals surface area contributed by atoms with Crippen molar-refractivity contribution in [1.29, 1.82) is 0 Å². The number of hydrogen-bond acceptors (Lipinski definition) is 5. The van der Waals surface area contributed by atoms with Crippen LogP contribution in [0, 0.1) is 0 Å². The van der Waals surface area contributed by atoms with Gasteiger partial charge in [-0.15, -0.1) is 0 Å². The molecule has 2 aliphatic carbocycles. The molecule has 3 aliphatic rings. The fourth-order valence-corrected chi connectivity index (χ4v) is 6.76. The monoisotopic (exact) mass is 495 g/mol. The van der Waals surface area contributed by atoms with E-state index in [0.29, 0.717) is 25.1 Å². The van der Waals surface area contributed by atoms with Crippen molar-refractivity contribution < 1.29 is 47.5 Å². The van der Waals surface area contributed by atoms with Gasteiger partial charge >= 0.3 is 29.6 Å². The van der Waals surface area contributed by atoms with Crippen LogP contribution in [0.5, 0.6) is 0 Å². The van der Waals surface area contributed by atoms with Gasteiger partial charge in [0.2, 0.25) is 0 Å². The molecule has 1 unspecified atom stereocenters. The SMILES string of the molecule is C[C@@H]1CC(N(c2cnn(C)c2)S(=O)(=O)[N-]C(=O)Nc2c3c(cc4c2CCC4)CCC3)CCO1.[Na+]. The number of hydrogen-bond donors (Lipinski definition) is 1. The summed E-state index contributed by atoms with van der Waals surface area (Å²) in [7, 11) is -2.57. The number of fused-ring (bicyclic) bond motifs is 2. The predicted octanol–water partition coefficient (Wildman–Crippen LogP) is 0.626. The van der Waals surface area contributed by atoms with Crippen molar-refractivity contribution in [3.05, 3.63) is 45.4 Å². The molecule has 9 nitrogen and oxygen atoms in total. The van der Waals surface area contributed by atoms with Gasteiger partial charge in [0, 0.05) is 25.9 Å². The van der Waals surface area contributed by atoms with Crippen LogP contribution in [0.25, 0.3) is 4.72 Å². The molecule has 0 bridgehead atoms. The van der Waals surface area contributed by atoms with E-state index in [1.807, 2.05) is 6.92 Å². The molecule has 34 heavy (non-hydrogen) atoms. The van der Waals surface area contributed by atoms with Crippen molar-refractivity contribution in [2.75, 3.05) is 16.2 Å². The van der Waals surface area contributed by atoms with Crippen molar-refractivity contribution in [3.8, 4) is 0 Å². The van der Waals surface area contributed by atoms with Crippen LogP contribution >= 0.6 is 0 Å². The summed E-state index contributed by atoms with van der Waals surface area (Å²) in [6.45, 7) is 2.37. The zero-order chi connectivity index (χ0) is 23.2. The van der Waals surface area contributed by atoms with Crippen LogP contribution in [0.15, 0.2) is 18.5 Å². The number of carbonyl (C=O) groups is 1. The summed E-state index contributed by atoms with van der Waals surface area (Å²) in [6.07, 6.45) is 9.96. The van der Waals surface area contributed by atoms with Crippen molar-refractivity contribution >= 4 is 27.6 Å². The molecule has 1 fully saturated rings. The van der Waals surface area contributed by atoms with Gasteiger partial charge in [0.25, 0.3) is 10.2 Å². The largest absolute Gasteiger partial charge is 1.00 e. The summed E-state index contributed by atoms with van der Waals surface area (Å²) < 4.78 is 39.0. The van der Waals surface area contributed by atoms with E-state index in [2.05, 4.69) is 21.2 Å². The first kappa shape index (κ1) is 25.5. The third-order valence-corrected chi connectivity index (χ3v) is 8.29. The molecule has 0 radical (unpaired) electrons. The fraction of sp³-hybridized carbons (Fsp3) is 0.565. The Bertz CT molecular complexity index is 1150. The summed E-state index contributed by atoms with van der Waals surface area (Å²) >= 11 is 0. The molecule has 1 aromatic heterocycles. The molecule has 2 aromatic rings. The second-order valence-corrected chi connectivity index (χ2v) is 10.7. The van der Waals surface area contributed by atoms with E-state index in [-0.39, 0.29) is 41.7 Å². The van der Waals surface area contributed by atoms with Crippen molar-refractivity contribution in [3.63, 3.8) is 0 Å². The molecule has 2 amide bonds. The average molecular weight is 496 g/mol. The van der Waals surface area contributed by atoms with Gasteiger partial charge in [-0.1, -0.05) is 6.07 Å². The number of urea groups is 1. The van der Waals surface area contributed by atoms with Crippen molar-refractivity contribution in [2.45, 2.75) is 70.4 Å². The van der Waals surface area contributed by atoms with E-state index in [1.165, 1.54) is 26.3 Å². The Kier molecular flexibility index (Phi) is 7.64. The number of rotatable bonds is 5. The van der Waals surface area contributed by atoms with Crippen LogP contribution in [-0.4, -0.2) is 43.0 Å². The topological polar surface area (TPSA) is 108 Å². The average Bonchev–Trinajstić information content (AvgIpc) is 3.48. The molecular formula is C23H30N5NaO4S. The van der Waals surface area contributed by atoms with E-state index >= 15 is 0 Å². The smallest absolute Gasteiger partial charge is 0.423 e. The summed E-state index contributed by atoms with van der Waals surface area (Å²) in [5, 5.41) is 6.99. The molecule has 2 atom stereocenters. The molecular weight excluding hydrogens is 465 g/mol. The maximum Gasteiger partial charge on any atom is 1.00 e. The summed E-state index contributed by atoms with van der Waals surface area (Å²) in [4.78, 5) is 13.0. The van der Waals surface area contributed by atoms with Crippen LogP contribution < -0.4 is 39.2 Å². The van der Waals surface area contributed by atoms with Gasteiger partial charge in [0.05, 0.1) is 18.0 Å². The first-order chi connectivity index (χ1) is 15.8. The van der Waals surface area contributed by atoms with E-state index in [0.717, 1.165) is 55.3 Å². The molecule has 0 spiro atoms. The van der Waals surface area contributed by atoms with Crippen molar-refractivity contribution in [1.82, 2.24) is 9.78 Å². The Morgan fingerprint density at radius 3 is 2.47 bits per heavy atom. The minimum Gasteiger partial charge on any atom is -0.423 e. The second-order valence-electron chi connectivity index (χ2n) is 9.26. The standard InChI is InChI=1S/C23H31N5O4S.Na/c1-15-11-18(9-10-32-15)28(19-13-24-27(2)14-19)33(30,31)26-23(29)25-22-20-7-3-5-16(20)12-17-6-4-8-21(17)22;/h12-15,18H,3-11H2,1-2H3,(H2,25,26,29);/q;+1/p-1/t15-,18?;/m1./s1. The molecule has 11 heteroatoms. The number of benzene rings is 1. The number of amides is 2. The number of carbonyl (C=O) groups excluding carboxylic acids is 1. The quantitative estimate of drug-likeness (QED) is 0.612. The summed E-state index contributed by atoms with van der Waals surface area (Å²) in [6, 6.07) is 1.06. The van der Waals surface area contributed by atoms with Crippen molar-refractivity contribution in [2.24, 2.45) is 7.05 Å². The first-order valence-electron chi connectivity index (χ1n) is 11.7. The molecule has 1 N–H and O–H groups in total. The van der Waals surface area contributed by atoms with E-state index in [4.69, 9.17) is 4.74 Å². The summed E-state index contributed by atoms with van der Waals surface area (Å²) in [5.74, 6) is 0. The Hall–Kier alpha value is -1.59. The van der Waals surface area contributed by atoms with Gasteiger partial charge in [0.1, 0.15) is 0 Å². The molecule has 0 saturated carbocycles. The van der Waals surface area contributed by atoms with Gasteiger partial charge in [0.15, 0.2) is 6.03 Å². The molecule has 178 valence electrons. The Morgan fingerprint density at radius 1 is 1.21 bits per heavy atom. The minimum absolute atomic E-state index is 0. The number of aryl methyl sites for hydroxylation is 3. The molecule has 5 rings (SSSR count). The number of aromatic nitrogens is 2. The molecule has 1 aromatic carbocycles. The number of nitrogens with zero attached hydrogens (tertiary/aromatic N) is 4. The van der Waals surface area contributed by atoms with Crippen LogP contribution in [0.1, 0.15) is 54.9 Å². The fourth-order valence-electron chi connectivity index (χ4n) is 5.49. The Morgan fingerprint density at radius 2 is 1.88 bits per heavy atom. The predicted molar refractivity (Wildman–Crippen MR) is 126 cm³/mol. The Labute approximate surface area is 223 Å². The second kappa shape index (κ2) is 10.2. The molecule has 1 saturated heterocycles. The van der Waals surface area contributed by atoms with Crippen LogP contribution in [-0.2, 0) is 47.7 Å². The summed E-state index contributed by atoms with van der Waals surface area (Å²) in [5.41, 5.74) is 5.99.